The lowest BCUT2D eigenvalue weighted by molar-refractivity contribution is 0.347. The average molecular weight is 284 g/mol. The first-order chi connectivity index (χ1) is 8.70. The molecular formula is C12H14ClN3OS. The summed E-state index contributed by atoms with van der Waals surface area (Å²) < 4.78 is 14.2. The number of aromatic nitrogens is 1. The quantitative estimate of drug-likeness (QED) is 0.652. The molecule has 96 valence electrons. The first kappa shape index (κ1) is 13.5. The van der Waals surface area contributed by atoms with E-state index in [1.165, 1.54) is 0 Å². The zero-order valence-corrected chi connectivity index (χ0v) is 11.6. The van der Waals surface area contributed by atoms with E-state index < -0.39 is 11.0 Å². The maximum Gasteiger partial charge on any atom is 0.129 e. The normalized spacial score (nSPS) is 22.0. The van der Waals surface area contributed by atoms with Crippen LogP contribution in [0, 0.1) is 11.8 Å². The molecule has 4 nitrogen and oxygen atoms in total. The molecule has 0 bridgehead atoms. The van der Waals surface area contributed by atoms with Gasteiger partial charge in [0.15, 0.2) is 0 Å². The van der Waals surface area contributed by atoms with E-state index in [0.717, 1.165) is 13.1 Å². The summed E-state index contributed by atoms with van der Waals surface area (Å²) in [6.45, 7) is 3.97. The molecule has 2 atom stereocenters. The number of nitrogens with one attached hydrogen (secondary N) is 1. The summed E-state index contributed by atoms with van der Waals surface area (Å²) in [6.07, 6.45) is 1.56. The van der Waals surface area contributed by atoms with Crippen molar-refractivity contribution in [1.82, 2.24) is 14.6 Å². The van der Waals surface area contributed by atoms with E-state index in [2.05, 4.69) is 22.1 Å². The van der Waals surface area contributed by atoms with Crippen LogP contribution in [0.2, 0.25) is 5.15 Å². The van der Waals surface area contributed by atoms with Crippen LogP contribution in [-0.4, -0.2) is 39.2 Å². The molecule has 1 N–H and O–H groups in total. The zero-order chi connectivity index (χ0) is 13.0. The van der Waals surface area contributed by atoms with Crippen LogP contribution in [0.1, 0.15) is 6.92 Å². The Kier molecular flexibility index (Phi) is 4.72. The number of piperazine rings is 1. The molecule has 2 heterocycles. The number of halogens is 1. The van der Waals surface area contributed by atoms with Crippen molar-refractivity contribution in [3.63, 3.8) is 0 Å². The standard InChI is InChI=1S/C12H14ClN3OS/c1-2-3-10-9-16(7-6-14-10)18(17)11-4-5-12(13)15-8-11/h4-5,8,10,14H,6-7,9H2,1H3. The minimum Gasteiger partial charge on any atom is -0.301 e. The highest BCUT2D eigenvalue weighted by Gasteiger charge is 2.23. The molecule has 6 heteroatoms. The van der Waals surface area contributed by atoms with Gasteiger partial charge in [-0.15, -0.1) is 5.92 Å². The lowest BCUT2D eigenvalue weighted by atomic mass is 10.2. The third kappa shape index (κ3) is 3.30. The summed E-state index contributed by atoms with van der Waals surface area (Å²) in [7, 11) is -1.20. The van der Waals surface area contributed by atoms with Crippen molar-refractivity contribution >= 4 is 22.6 Å². The van der Waals surface area contributed by atoms with Crippen molar-refractivity contribution in [3.8, 4) is 11.8 Å². The van der Waals surface area contributed by atoms with E-state index in [1.807, 2.05) is 4.31 Å². The van der Waals surface area contributed by atoms with Gasteiger partial charge in [-0.1, -0.05) is 17.5 Å². The van der Waals surface area contributed by atoms with Crippen LogP contribution in [-0.2, 0) is 11.0 Å². The predicted octanol–water partition coefficient (Wildman–Crippen LogP) is 1.05. The van der Waals surface area contributed by atoms with Crippen LogP contribution >= 0.6 is 11.6 Å². The summed E-state index contributed by atoms with van der Waals surface area (Å²) in [6, 6.07) is 3.47. The second kappa shape index (κ2) is 6.30. The number of pyridine rings is 1. The summed E-state index contributed by atoms with van der Waals surface area (Å²) in [5.74, 6) is 5.93. The molecule has 1 aliphatic heterocycles. The van der Waals surface area contributed by atoms with Gasteiger partial charge in [0.1, 0.15) is 16.1 Å². The molecule has 1 fully saturated rings. The Bertz CT molecular complexity index is 494. The van der Waals surface area contributed by atoms with Gasteiger partial charge in [0.05, 0.1) is 10.9 Å². The van der Waals surface area contributed by atoms with Gasteiger partial charge in [-0.05, 0) is 19.1 Å². The Hall–Kier alpha value is -0.930. The second-order valence-corrected chi connectivity index (χ2v) is 5.73. The third-order valence-corrected chi connectivity index (χ3v) is 4.26. The van der Waals surface area contributed by atoms with Crippen LogP contribution in [0.3, 0.4) is 0 Å². The molecule has 1 saturated heterocycles. The minimum atomic E-state index is -1.20. The summed E-state index contributed by atoms with van der Waals surface area (Å²) in [4.78, 5) is 4.62. The van der Waals surface area contributed by atoms with Crippen LogP contribution in [0.25, 0.3) is 0 Å². The minimum absolute atomic E-state index is 0.0768. The van der Waals surface area contributed by atoms with E-state index in [9.17, 15) is 4.21 Å². The first-order valence-corrected chi connectivity index (χ1v) is 7.13. The van der Waals surface area contributed by atoms with Gasteiger partial charge < -0.3 is 5.32 Å². The molecule has 0 aliphatic carbocycles. The molecule has 0 spiro atoms. The molecule has 1 aromatic rings. The fraction of sp³-hybridized carbons (Fsp3) is 0.417. The maximum atomic E-state index is 12.3. The Balaban J connectivity index is 2.08. The number of hydrogen-bond donors (Lipinski definition) is 1. The van der Waals surface area contributed by atoms with Gasteiger partial charge in [-0.2, -0.15) is 0 Å². The average Bonchev–Trinajstić information content (AvgIpc) is 2.39. The van der Waals surface area contributed by atoms with Crippen molar-refractivity contribution in [2.45, 2.75) is 17.9 Å². The van der Waals surface area contributed by atoms with E-state index in [0.29, 0.717) is 16.6 Å². The topological polar surface area (TPSA) is 45.2 Å². The van der Waals surface area contributed by atoms with E-state index >= 15 is 0 Å². The first-order valence-electron chi connectivity index (χ1n) is 5.65. The Labute approximate surface area is 114 Å². The summed E-state index contributed by atoms with van der Waals surface area (Å²) in [5.41, 5.74) is 0. The second-order valence-electron chi connectivity index (χ2n) is 3.85. The van der Waals surface area contributed by atoms with Gasteiger partial charge in [0, 0.05) is 25.8 Å². The van der Waals surface area contributed by atoms with E-state index in [1.54, 1.807) is 25.3 Å². The van der Waals surface area contributed by atoms with Crippen molar-refractivity contribution < 1.29 is 4.21 Å². The number of rotatable bonds is 2. The molecule has 0 amide bonds. The number of nitrogens with zero attached hydrogens (tertiary/aromatic N) is 2. The van der Waals surface area contributed by atoms with E-state index in [4.69, 9.17) is 11.6 Å². The van der Waals surface area contributed by atoms with Crippen molar-refractivity contribution in [3.05, 3.63) is 23.5 Å². The third-order valence-electron chi connectivity index (χ3n) is 2.59. The van der Waals surface area contributed by atoms with Gasteiger partial charge >= 0.3 is 0 Å². The molecule has 1 aromatic heterocycles. The highest BCUT2D eigenvalue weighted by atomic mass is 35.5. The molecule has 0 radical (unpaired) electrons. The molecule has 1 aliphatic rings. The highest BCUT2D eigenvalue weighted by Crippen LogP contribution is 2.14. The van der Waals surface area contributed by atoms with Crippen molar-refractivity contribution in [1.29, 1.82) is 0 Å². The van der Waals surface area contributed by atoms with Crippen LogP contribution in [0.4, 0.5) is 0 Å². The van der Waals surface area contributed by atoms with E-state index in [-0.39, 0.29) is 6.04 Å². The van der Waals surface area contributed by atoms with Gasteiger partial charge in [-0.25, -0.2) is 13.5 Å². The van der Waals surface area contributed by atoms with Crippen LogP contribution < -0.4 is 5.32 Å². The molecule has 2 rings (SSSR count). The highest BCUT2D eigenvalue weighted by molar-refractivity contribution is 7.82. The van der Waals surface area contributed by atoms with Crippen molar-refractivity contribution in [2.24, 2.45) is 0 Å². The lowest BCUT2D eigenvalue weighted by Crippen LogP contribution is -2.50. The van der Waals surface area contributed by atoms with Crippen LogP contribution in [0.15, 0.2) is 23.2 Å². The maximum absolute atomic E-state index is 12.3. The largest absolute Gasteiger partial charge is 0.301 e. The Morgan fingerprint density at radius 1 is 1.61 bits per heavy atom. The smallest absolute Gasteiger partial charge is 0.129 e. The number of hydrogen-bond acceptors (Lipinski definition) is 3. The van der Waals surface area contributed by atoms with Crippen LogP contribution in [0.5, 0.6) is 0 Å². The summed E-state index contributed by atoms with van der Waals surface area (Å²) in [5, 5.41) is 3.69. The monoisotopic (exact) mass is 283 g/mol. The molecule has 0 saturated carbocycles. The predicted molar refractivity (Wildman–Crippen MR) is 72.5 cm³/mol. The molecule has 2 unspecified atom stereocenters. The molecule has 18 heavy (non-hydrogen) atoms. The lowest BCUT2D eigenvalue weighted by Gasteiger charge is -2.29. The fourth-order valence-corrected chi connectivity index (χ4v) is 3.04. The zero-order valence-electron chi connectivity index (χ0n) is 10.0. The van der Waals surface area contributed by atoms with Gasteiger partial charge in [0.2, 0.25) is 0 Å². The SMILES string of the molecule is CC#CC1CN(S(=O)c2ccc(Cl)nc2)CCN1. The Morgan fingerprint density at radius 3 is 3.11 bits per heavy atom. The Morgan fingerprint density at radius 2 is 2.44 bits per heavy atom. The summed E-state index contributed by atoms with van der Waals surface area (Å²) >= 11 is 5.71. The fourth-order valence-electron chi connectivity index (χ4n) is 1.76. The molecule has 0 aromatic carbocycles. The van der Waals surface area contributed by atoms with Crippen molar-refractivity contribution in [2.75, 3.05) is 19.6 Å². The molecular weight excluding hydrogens is 270 g/mol. The van der Waals surface area contributed by atoms with Gasteiger partial charge in [-0.3, -0.25) is 0 Å². The van der Waals surface area contributed by atoms with Gasteiger partial charge in [0.25, 0.3) is 0 Å².